The van der Waals surface area contributed by atoms with Gasteiger partial charge in [0.05, 0.1) is 6.54 Å². The van der Waals surface area contributed by atoms with Crippen LogP contribution in [0.15, 0.2) is 29.3 Å². The van der Waals surface area contributed by atoms with Gasteiger partial charge in [0.2, 0.25) is 5.91 Å². The second-order valence-electron chi connectivity index (χ2n) is 6.68. The summed E-state index contributed by atoms with van der Waals surface area (Å²) < 4.78 is 0. The van der Waals surface area contributed by atoms with Crippen LogP contribution in [-0.2, 0) is 17.8 Å². The van der Waals surface area contributed by atoms with Crippen LogP contribution in [0.3, 0.4) is 0 Å². The molecule has 0 aromatic heterocycles. The van der Waals surface area contributed by atoms with Crippen molar-refractivity contribution in [2.45, 2.75) is 46.2 Å². The lowest BCUT2D eigenvalue weighted by Gasteiger charge is -2.25. The summed E-state index contributed by atoms with van der Waals surface area (Å²) in [5, 5.41) is 6.28. The lowest BCUT2D eigenvalue weighted by atomic mass is 10.1. The molecule has 1 aromatic rings. The molecule has 5 nitrogen and oxygen atoms in total. The van der Waals surface area contributed by atoms with Crippen LogP contribution in [0.5, 0.6) is 0 Å². The van der Waals surface area contributed by atoms with Gasteiger partial charge in [-0.3, -0.25) is 9.79 Å². The van der Waals surface area contributed by atoms with Crippen LogP contribution in [0.25, 0.3) is 0 Å². The number of guanidine groups is 1. The number of nitrogens with one attached hydrogen (secondary N) is 2. The zero-order valence-corrected chi connectivity index (χ0v) is 15.2. The molecule has 5 heteroatoms. The van der Waals surface area contributed by atoms with Gasteiger partial charge < -0.3 is 15.5 Å². The van der Waals surface area contributed by atoms with Gasteiger partial charge in [0.25, 0.3) is 0 Å². The fourth-order valence-electron chi connectivity index (χ4n) is 2.38. The summed E-state index contributed by atoms with van der Waals surface area (Å²) >= 11 is 0. The van der Waals surface area contributed by atoms with Crippen LogP contribution < -0.4 is 10.6 Å². The first-order chi connectivity index (χ1) is 10.8. The van der Waals surface area contributed by atoms with Crippen molar-refractivity contribution in [2.24, 2.45) is 4.99 Å². The van der Waals surface area contributed by atoms with Crippen molar-refractivity contribution in [2.75, 3.05) is 20.6 Å². The topological polar surface area (TPSA) is 56.7 Å². The van der Waals surface area contributed by atoms with Crippen molar-refractivity contribution >= 4 is 11.9 Å². The first-order valence-corrected chi connectivity index (χ1v) is 8.06. The van der Waals surface area contributed by atoms with Gasteiger partial charge in [-0.1, -0.05) is 31.2 Å². The molecule has 0 atom stereocenters. The van der Waals surface area contributed by atoms with Crippen molar-refractivity contribution in [1.29, 1.82) is 0 Å². The molecular formula is C18H30N4O. The Morgan fingerprint density at radius 3 is 2.35 bits per heavy atom. The van der Waals surface area contributed by atoms with Gasteiger partial charge in [-0.25, -0.2) is 0 Å². The maximum Gasteiger partial charge on any atom is 0.240 e. The quantitative estimate of drug-likeness (QED) is 0.646. The number of amides is 1. The van der Waals surface area contributed by atoms with Crippen molar-refractivity contribution in [3.8, 4) is 0 Å². The summed E-state index contributed by atoms with van der Waals surface area (Å²) in [5.41, 5.74) is 2.35. The molecule has 0 spiro atoms. The number of aryl methyl sites for hydroxylation is 1. The van der Waals surface area contributed by atoms with E-state index < -0.39 is 0 Å². The first kappa shape index (κ1) is 19.0. The molecule has 0 radical (unpaired) electrons. The Kier molecular flexibility index (Phi) is 7.07. The molecule has 1 amide bonds. The Morgan fingerprint density at radius 2 is 1.83 bits per heavy atom. The van der Waals surface area contributed by atoms with E-state index in [2.05, 4.69) is 40.7 Å². The van der Waals surface area contributed by atoms with E-state index in [4.69, 9.17) is 0 Å². The summed E-state index contributed by atoms with van der Waals surface area (Å²) in [4.78, 5) is 18.1. The number of likely N-dealkylation sites (N-methyl/N-ethyl adjacent to an activating group) is 1. The lowest BCUT2D eigenvalue weighted by molar-refractivity contribution is -0.122. The third-order valence-corrected chi connectivity index (χ3v) is 3.40. The predicted octanol–water partition coefficient (Wildman–Crippen LogP) is 2.17. The average molecular weight is 318 g/mol. The zero-order valence-electron chi connectivity index (χ0n) is 15.2. The fourth-order valence-corrected chi connectivity index (χ4v) is 2.38. The number of benzene rings is 1. The van der Waals surface area contributed by atoms with E-state index in [0.717, 1.165) is 6.42 Å². The second kappa shape index (κ2) is 8.56. The van der Waals surface area contributed by atoms with Crippen LogP contribution in [0.1, 0.15) is 38.8 Å². The summed E-state index contributed by atoms with van der Waals surface area (Å²) in [6.07, 6.45) is 1.00. The molecule has 0 saturated carbocycles. The van der Waals surface area contributed by atoms with Gasteiger partial charge in [-0.15, -0.1) is 0 Å². The normalized spacial score (nSPS) is 12.0. The number of carbonyl (C=O) groups excluding carboxylic acids is 1. The fraction of sp³-hybridized carbons (Fsp3) is 0.556. The molecule has 0 unspecified atom stereocenters. The van der Waals surface area contributed by atoms with Gasteiger partial charge in [-0.2, -0.15) is 0 Å². The highest BCUT2D eigenvalue weighted by Gasteiger charge is 2.16. The van der Waals surface area contributed by atoms with Crippen LogP contribution in [0, 0.1) is 0 Å². The molecule has 128 valence electrons. The number of rotatable bonds is 5. The Morgan fingerprint density at radius 1 is 1.22 bits per heavy atom. The third kappa shape index (κ3) is 6.72. The Hall–Kier alpha value is -2.04. The number of carbonyl (C=O) groups is 1. The minimum absolute atomic E-state index is 0.0168. The number of nitrogens with zero attached hydrogens (tertiary/aromatic N) is 2. The third-order valence-electron chi connectivity index (χ3n) is 3.40. The Bertz CT molecular complexity index is 546. The van der Waals surface area contributed by atoms with Crippen molar-refractivity contribution in [1.82, 2.24) is 15.5 Å². The van der Waals surface area contributed by atoms with Crippen LogP contribution in [0.4, 0.5) is 0 Å². The number of hydrogen-bond acceptors (Lipinski definition) is 2. The van der Waals surface area contributed by atoms with E-state index in [-0.39, 0.29) is 18.0 Å². The smallest absolute Gasteiger partial charge is 0.240 e. The second-order valence-corrected chi connectivity index (χ2v) is 6.68. The maximum atomic E-state index is 12.0. The highest BCUT2D eigenvalue weighted by molar-refractivity contribution is 5.86. The predicted molar refractivity (Wildman–Crippen MR) is 96.5 cm³/mol. The van der Waals surface area contributed by atoms with Gasteiger partial charge in [-0.05, 0) is 38.3 Å². The standard InChI is InChI=1S/C18H30N4O/c1-7-14-10-8-9-11-15(14)12-20-17(19-5)22(6)13-16(23)21-18(2,3)4/h8-11H,7,12-13H2,1-6H3,(H,19,20)(H,21,23). The molecule has 0 fully saturated rings. The van der Waals surface area contributed by atoms with Crippen molar-refractivity contribution < 1.29 is 4.79 Å². The van der Waals surface area contributed by atoms with E-state index in [1.165, 1.54) is 11.1 Å². The van der Waals surface area contributed by atoms with Crippen molar-refractivity contribution in [3.63, 3.8) is 0 Å². The van der Waals surface area contributed by atoms with E-state index in [0.29, 0.717) is 12.5 Å². The monoisotopic (exact) mass is 318 g/mol. The Labute approximate surface area is 140 Å². The SMILES string of the molecule is CCc1ccccc1CNC(=NC)N(C)CC(=O)NC(C)(C)C. The molecule has 0 aliphatic rings. The minimum atomic E-state index is -0.227. The van der Waals surface area contributed by atoms with E-state index in [9.17, 15) is 4.79 Å². The molecule has 0 aliphatic heterocycles. The molecule has 1 aromatic carbocycles. The van der Waals surface area contributed by atoms with Crippen molar-refractivity contribution in [3.05, 3.63) is 35.4 Å². The molecule has 0 bridgehead atoms. The molecule has 0 aliphatic carbocycles. The molecule has 1 rings (SSSR count). The minimum Gasteiger partial charge on any atom is -0.352 e. The average Bonchev–Trinajstić information content (AvgIpc) is 2.46. The molecule has 0 heterocycles. The number of hydrogen-bond donors (Lipinski definition) is 2. The maximum absolute atomic E-state index is 12.0. The van der Waals surface area contributed by atoms with Gasteiger partial charge in [0.15, 0.2) is 5.96 Å². The Balaban J connectivity index is 2.61. The molecule has 2 N–H and O–H groups in total. The lowest BCUT2D eigenvalue weighted by Crippen LogP contribution is -2.48. The van der Waals surface area contributed by atoms with Gasteiger partial charge in [0, 0.05) is 26.2 Å². The molecule has 0 saturated heterocycles. The summed E-state index contributed by atoms with van der Waals surface area (Å²) in [6, 6.07) is 8.35. The molecule has 23 heavy (non-hydrogen) atoms. The van der Waals surface area contributed by atoms with Crippen LogP contribution in [0.2, 0.25) is 0 Å². The molecular weight excluding hydrogens is 288 g/mol. The van der Waals surface area contributed by atoms with Gasteiger partial charge >= 0.3 is 0 Å². The first-order valence-electron chi connectivity index (χ1n) is 8.06. The van der Waals surface area contributed by atoms with Crippen LogP contribution >= 0.6 is 0 Å². The number of aliphatic imine (C=N–C) groups is 1. The summed E-state index contributed by atoms with van der Waals surface area (Å²) in [7, 11) is 3.59. The largest absolute Gasteiger partial charge is 0.352 e. The van der Waals surface area contributed by atoms with Gasteiger partial charge in [0.1, 0.15) is 0 Å². The summed E-state index contributed by atoms with van der Waals surface area (Å²) in [6.45, 7) is 9.03. The van der Waals surface area contributed by atoms with E-state index in [1.54, 1.807) is 7.05 Å². The summed E-state index contributed by atoms with van der Waals surface area (Å²) in [5.74, 6) is 0.692. The van der Waals surface area contributed by atoms with E-state index in [1.807, 2.05) is 38.8 Å². The zero-order chi connectivity index (χ0) is 17.5. The van der Waals surface area contributed by atoms with E-state index >= 15 is 0 Å². The van der Waals surface area contributed by atoms with Crippen LogP contribution in [-0.4, -0.2) is 42.9 Å². The highest BCUT2D eigenvalue weighted by atomic mass is 16.2. The highest BCUT2D eigenvalue weighted by Crippen LogP contribution is 2.09.